The molecule has 0 spiro atoms. The third-order valence-corrected chi connectivity index (χ3v) is 13.7. The Bertz CT molecular complexity index is 3080. The van der Waals surface area contributed by atoms with Crippen molar-refractivity contribution in [3.63, 3.8) is 0 Å². The van der Waals surface area contributed by atoms with Crippen LogP contribution >= 0.6 is 47.0 Å². The maximum absolute atomic E-state index is 10.3. The lowest BCUT2D eigenvalue weighted by molar-refractivity contribution is 1.44. The fraction of sp³-hybridized carbons (Fsp3) is 0. The van der Waals surface area contributed by atoms with Gasteiger partial charge in [-0.15, -0.1) is 0 Å². The van der Waals surface area contributed by atoms with E-state index in [0.29, 0.717) is 22.3 Å². The van der Waals surface area contributed by atoms with Crippen LogP contribution < -0.4 is 10.4 Å². The second-order valence-electron chi connectivity index (χ2n) is 12.5. The van der Waals surface area contributed by atoms with Crippen LogP contribution in [0.15, 0.2) is 141 Å². The second kappa shape index (κ2) is 18.1. The van der Waals surface area contributed by atoms with E-state index in [1.165, 1.54) is 47.0 Å². The largest absolute Gasteiger partial charge is 0.192 e. The van der Waals surface area contributed by atoms with Crippen molar-refractivity contribution in [2.75, 3.05) is 0 Å². The van der Waals surface area contributed by atoms with Gasteiger partial charge in [-0.3, -0.25) is 0 Å². The van der Waals surface area contributed by atoms with Gasteiger partial charge in [0.15, 0.2) is 0 Å². The Hall–Kier alpha value is -7.88. The molecule has 0 fully saturated rings. The van der Waals surface area contributed by atoms with Crippen molar-refractivity contribution in [2.24, 2.45) is 0 Å². The average Bonchev–Trinajstić information content (AvgIpc) is 4.04. The van der Waals surface area contributed by atoms with Crippen LogP contribution in [0, 0.1) is 90.6 Å². The van der Waals surface area contributed by atoms with E-state index in [2.05, 4.69) is 0 Å². The van der Waals surface area contributed by atoms with Crippen LogP contribution in [0.4, 0.5) is 0 Å². The number of nitriles is 8. The smallest absolute Gasteiger partial charge is 0.138 e. The van der Waals surface area contributed by atoms with Crippen LogP contribution in [0.1, 0.15) is 22.3 Å². The molecule has 8 nitrogen and oxygen atoms in total. The van der Waals surface area contributed by atoms with E-state index >= 15 is 0 Å². The highest BCUT2D eigenvalue weighted by Crippen LogP contribution is 2.44. The molecule has 0 aromatic heterocycles. The SMILES string of the molecule is N#CC(C#N)=C(C(=C(C#N)C#N)c1ccc2c(=C3SC=CS3)c3cc(C(=C(C#N)C#N)C(=C(C#N)C#N)c4ccccc4)ccc3c(=C3SC=CS3)c2c1)c1ccccc1. The number of fused-ring (bicyclic) bond motifs is 2. The number of allylic oxidation sites excluding steroid dienone is 8. The van der Waals surface area contributed by atoms with Crippen LogP contribution in [0.5, 0.6) is 0 Å². The lowest BCUT2D eigenvalue weighted by Crippen LogP contribution is -2.17. The van der Waals surface area contributed by atoms with Gasteiger partial charge in [0.1, 0.15) is 70.8 Å². The maximum Gasteiger partial charge on any atom is 0.138 e. The first kappa shape index (κ1) is 40.3. The monoisotopic (exact) mass is 836 g/mol. The predicted octanol–water partition coefficient (Wildman–Crippen LogP) is 10.6. The highest BCUT2D eigenvalue weighted by molar-refractivity contribution is 8.35. The number of thioether (sulfide) groups is 4. The first-order chi connectivity index (χ1) is 29.5. The number of rotatable bonds is 6. The van der Waals surface area contributed by atoms with Gasteiger partial charge < -0.3 is 0 Å². The van der Waals surface area contributed by atoms with Gasteiger partial charge in [0.25, 0.3) is 0 Å². The molecule has 0 saturated heterocycles. The molecule has 5 aromatic carbocycles. The molecule has 0 atom stereocenters. The predicted molar refractivity (Wildman–Crippen MR) is 242 cm³/mol. The topological polar surface area (TPSA) is 190 Å². The highest BCUT2D eigenvalue weighted by atomic mass is 32.2. The summed E-state index contributed by atoms with van der Waals surface area (Å²) in [4.78, 5) is 0. The first-order valence-electron chi connectivity index (χ1n) is 17.5. The van der Waals surface area contributed by atoms with E-state index in [-0.39, 0.29) is 44.6 Å². The minimum absolute atomic E-state index is 0.143. The molecule has 0 amide bonds. The number of nitrogens with zero attached hydrogens (tertiary/aromatic N) is 8. The Morgan fingerprint density at radius 1 is 0.317 bits per heavy atom. The minimum atomic E-state index is -0.274. The molecule has 2 heterocycles. The summed E-state index contributed by atoms with van der Waals surface area (Å²) in [5, 5.41) is 94.8. The molecule has 0 saturated carbocycles. The normalized spacial score (nSPS) is 12.1. The number of benzene rings is 5. The minimum Gasteiger partial charge on any atom is -0.192 e. The molecule has 60 heavy (non-hydrogen) atoms. The second-order valence-corrected chi connectivity index (χ2v) is 16.7. The van der Waals surface area contributed by atoms with Gasteiger partial charge in [0.05, 0.1) is 8.47 Å². The molecular weight excluding hydrogens is 817 g/mol. The molecule has 0 radical (unpaired) electrons. The summed E-state index contributed by atoms with van der Waals surface area (Å²) < 4.78 is 1.87. The van der Waals surface area contributed by atoms with E-state index in [1.54, 1.807) is 72.8 Å². The zero-order chi connectivity index (χ0) is 42.2. The molecular formula is C48H20N8S4. The molecule has 276 valence electrons. The Labute approximate surface area is 361 Å². The summed E-state index contributed by atoms with van der Waals surface area (Å²) in [7, 11) is 0. The third kappa shape index (κ3) is 7.37. The molecule has 0 N–H and O–H groups in total. The summed E-state index contributed by atoms with van der Waals surface area (Å²) in [6.45, 7) is 0. The standard InChI is InChI=1S/C48H20N8S4/c49-21-33(22-50)41(29-7-3-1-4-8-29)43(35(25-53)26-54)31-11-13-37-39(19-31)45(47-57-15-16-58-47)38-14-12-32(20-40(38)46(37)48-59-17-18-60-48)44(36(27-55)28-56)42(34(23-51)24-52)30-9-5-2-6-10-30/h1-20H. The summed E-state index contributed by atoms with van der Waals surface area (Å²) in [5.74, 6) is 0. The van der Waals surface area contributed by atoms with Gasteiger partial charge in [-0.1, -0.05) is 132 Å². The van der Waals surface area contributed by atoms with Crippen molar-refractivity contribution in [1.29, 1.82) is 42.1 Å². The third-order valence-electron chi connectivity index (χ3n) is 9.43. The summed E-state index contributed by atoms with van der Waals surface area (Å²) >= 11 is 6.10. The molecule has 0 unspecified atom stereocenters. The molecule has 0 bridgehead atoms. The molecule has 12 heteroatoms. The van der Waals surface area contributed by atoms with Crippen LogP contribution in [0.25, 0.3) is 52.3 Å². The van der Waals surface area contributed by atoms with E-state index in [0.717, 1.165) is 40.5 Å². The Kier molecular flexibility index (Phi) is 12.2. The fourth-order valence-electron chi connectivity index (χ4n) is 7.04. The van der Waals surface area contributed by atoms with Crippen LogP contribution in [0.2, 0.25) is 0 Å². The van der Waals surface area contributed by atoms with Gasteiger partial charge in [-0.25, -0.2) is 0 Å². The maximum atomic E-state index is 10.3. The summed E-state index contributed by atoms with van der Waals surface area (Å²) in [5.41, 5.74) is 1.39. The van der Waals surface area contributed by atoms with E-state index < -0.39 is 0 Å². The van der Waals surface area contributed by atoms with Crippen molar-refractivity contribution < 1.29 is 0 Å². The van der Waals surface area contributed by atoms with Crippen LogP contribution in [0.3, 0.4) is 0 Å². The van der Waals surface area contributed by atoms with Gasteiger partial charge in [0.2, 0.25) is 0 Å². The van der Waals surface area contributed by atoms with E-state index in [1.807, 2.05) is 94.5 Å². The Morgan fingerprint density at radius 3 is 0.883 bits per heavy atom. The van der Waals surface area contributed by atoms with E-state index in [4.69, 9.17) is 0 Å². The van der Waals surface area contributed by atoms with E-state index in [9.17, 15) is 42.1 Å². The average molecular weight is 837 g/mol. The van der Waals surface area contributed by atoms with Crippen LogP contribution in [-0.2, 0) is 0 Å². The zero-order valence-corrected chi connectivity index (χ0v) is 34.0. The van der Waals surface area contributed by atoms with Gasteiger partial charge in [-0.05, 0) is 77.6 Å². The van der Waals surface area contributed by atoms with Crippen molar-refractivity contribution in [3.8, 4) is 48.6 Å². The Balaban J connectivity index is 1.67. The lowest BCUT2D eigenvalue weighted by Gasteiger charge is -2.18. The first-order valence-corrected chi connectivity index (χ1v) is 21.0. The van der Waals surface area contributed by atoms with Crippen molar-refractivity contribution in [2.45, 2.75) is 0 Å². The van der Waals surface area contributed by atoms with Gasteiger partial charge >= 0.3 is 0 Å². The molecule has 0 aliphatic carbocycles. The molecule has 5 aromatic rings. The number of hydrogen-bond donors (Lipinski definition) is 0. The van der Waals surface area contributed by atoms with Gasteiger partial charge in [-0.2, -0.15) is 42.1 Å². The number of hydrogen-bond acceptors (Lipinski definition) is 12. The highest BCUT2D eigenvalue weighted by Gasteiger charge is 2.25. The summed E-state index contributed by atoms with van der Waals surface area (Å²) in [6.07, 6.45) is 0. The quantitative estimate of drug-likeness (QED) is 0.0894. The Morgan fingerprint density at radius 2 is 0.600 bits per heavy atom. The van der Waals surface area contributed by atoms with Crippen molar-refractivity contribution >= 4 is 99.4 Å². The molecule has 2 aliphatic rings. The van der Waals surface area contributed by atoms with Crippen molar-refractivity contribution in [3.05, 3.63) is 174 Å². The molecule has 7 rings (SSSR count). The molecule has 2 aliphatic heterocycles. The zero-order valence-electron chi connectivity index (χ0n) is 30.8. The van der Waals surface area contributed by atoms with Gasteiger partial charge in [0, 0.05) is 32.7 Å². The van der Waals surface area contributed by atoms with Crippen LogP contribution in [-0.4, -0.2) is 0 Å². The lowest BCUT2D eigenvalue weighted by atomic mass is 9.84. The summed E-state index contributed by atoms with van der Waals surface area (Å²) in [6, 6.07) is 44.6. The fourth-order valence-corrected chi connectivity index (χ4v) is 10.9. The van der Waals surface area contributed by atoms with Crippen molar-refractivity contribution in [1.82, 2.24) is 0 Å².